The van der Waals surface area contributed by atoms with Gasteiger partial charge in [-0.15, -0.1) is 0 Å². The van der Waals surface area contributed by atoms with E-state index < -0.39 is 0 Å². The summed E-state index contributed by atoms with van der Waals surface area (Å²) >= 11 is 0. The molecule has 0 aliphatic carbocycles. The molecule has 0 bridgehead atoms. The van der Waals surface area contributed by atoms with Gasteiger partial charge in [-0.05, 0) is 32.4 Å². The Hall–Kier alpha value is -0.860. The van der Waals surface area contributed by atoms with Crippen LogP contribution in [0.15, 0.2) is 30.3 Å². The normalized spacial score (nSPS) is 11.6. The highest BCUT2D eigenvalue weighted by Gasteiger charge is 2.12. The molecule has 0 saturated heterocycles. The van der Waals surface area contributed by atoms with Crippen molar-refractivity contribution in [3.05, 3.63) is 35.9 Å². The predicted molar refractivity (Wildman–Crippen MR) is 61.3 cm³/mol. The molecule has 0 spiro atoms. The van der Waals surface area contributed by atoms with Gasteiger partial charge in [0.25, 0.3) is 0 Å². The van der Waals surface area contributed by atoms with Crippen molar-refractivity contribution < 1.29 is 0 Å². The van der Waals surface area contributed by atoms with Gasteiger partial charge in [0, 0.05) is 12.1 Å². The largest absolute Gasteiger partial charge is 0.329 e. The fourth-order valence-electron chi connectivity index (χ4n) is 1.26. The maximum absolute atomic E-state index is 5.62. The summed E-state index contributed by atoms with van der Waals surface area (Å²) in [7, 11) is 0. The third-order valence-corrected chi connectivity index (χ3v) is 2.37. The molecule has 1 aromatic carbocycles. The van der Waals surface area contributed by atoms with Crippen molar-refractivity contribution in [2.75, 3.05) is 13.1 Å². The summed E-state index contributed by atoms with van der Waals surface area (Å²) in [6.07, 6.45) is 1.06. The minimum Gasteiger partial charge on any atom is -0.329 e. The second kappa shape index (κ2) is 5.13. The Balaban J connectivity index is 2.29. The molecule has 0 saturated carbocycles. The van der Waals surface area contributed by atoms with Gasteiger partial charge in [-0.3, -0.25) is 0 Å². The number of hydrogen-bond acceptors (Lipinski definition) is 2. The first-order valence-electron chi connectivity index (χ1n) is 5.13. The first kappa shape index (κ1) is 11.2. The molecular formula is C12H20N2. The first-order chi connectivity index (χ1) is 6.64. The Bertz CT molecular complexity index is 254. The molecule has 0 aromatic heterocycles. The van der Waals surface area contributed by atoms with Crippen LogP contribution in [0.1, 0.15) is 19.4 Å². The van der Waals surface area contributed by atoms with Gasteiger partial charge in [-0.2, -0.15) is 0 Å². The van der Waals surface area contributed by atoms with Crippen LogP contribution in [0.3, 0.4) is 0 Å². The lowest BCUT2D eigenvalue weighted by molar-refractivity contribution is 0.402. The van der Waals surface area contributed by atoms with E-state index in [1.54, 1.807) is 0 Å². The molecule has 0 fully saturated rings. The topological polar surface area (TPSA) is 38.0 Å². The molecule has 0 amide bonds. The highest BCUT2D eigenvalue weighted by Crippen LogP contribution is 2.01. The maximum atomic E-state index is 5.62. The molecule has 3 N–H and O–H groups in total. The molecule has 14 heavy (non-hydrogen) atoms. The van der Waals surface area contributed by atoms with Crippen LogP contribution < -0.4 is 11.1 Å². The van der Waals surface area contributed by atoms with Gasteiger partial charge >= 0.3 is 0 Å². The number of nitrogens with two attached hydrogens (primary N) is 1. The fraction of sp³-hybridized carbons (Fsp3) is 0.500. The Kier molecular flexibility index (Phi) is 4.11. The molecule has 0 radical (unpaired) electrons. The van der Waals surface area contributed by atoms with E-state index in [4.69, 9.17) is 5.73 Å². The van der Waals surface area contributed by atoms with Crippen LogP contribution in [-0.2, 0) is 6.42 Å². The van der Waals surface area contributed by atoms with Crippen molar-refractivity contribution in [2.24, 2.45) is 5.73 Å². The number of rotatable bonds is 5. The number of nitrogens with one attached hydrogen (secondary N) is 1. The monoisotopic (exact) mass is 192 g/mol. The second-order valence-corrected chi connectivity index (χ2v) is 4.25. The summed E-state index contributed by atoms with van der Waals surface area (Å²) < 4.78 is 0. The third-order valence-electron chi connectivity index (χ3n) is 2.37. The average Bonchev–Trinajstić information content (AvgIpc) is 2.19. The Labute approximate surface area is 86.5 Å². The van der Waals surface area contributed by atoms with E-state index in [0.717, 1.165) is 13.0 Å². The summed E-state index contributed by atoms with van der Waals surface area (Å²) in [6, 6.07) is 10.5. The van der Waals surface area contributed by atoms with Crippen molar-refractivity contribution in [1.82, 2.24) is 5.32 Å². The molecule has 78 valence electrons. The molecule has 2 heteroatoms. The highest BCUT2D eigenvalue weighted by molar-refractivity contribution is 5.14. The second-order valence-electron chi connectivity index (χ2n) is 4.25. The first-order valence-corrected chi connectivity index (χ1v) is 5.13. The molecule has 1 aromatic rings. The van der Waals surface area contributed by atoms with E-state index in [-0.39, 0.29) is 5.54 Å². The number of hydrogen-bond donors (Lipinski definition) is 2. The lowest BCUT2D eigenvalue weighted by Crippen LogP contribution is -2.46. The summed E-state index contributed by atoms with van der Waals surface area (Å²) in [5.41, 5.74) is 7.04. The Morgan fingerprint density at radius 2 is 1.86 bits per heavy atom. The van der Waals surface area contributed by atoms with Crippen molar-refractivity contribution in [3.63, 3.8) is 0 Å². The van der Waals surface area contributed by atoms with Crippen LogP contribution in [-0.4, -0.2) is 18.6 Å². The number of benzene rings is 1. The lowest BCUT2D eigenvalue weighted by Gasteiger charge is -2.24. The average molecular weight is 192 g/mol. The van der Waals surface area contributed by atoms with Gasteiger partial charge in [-0.1, -0.05) is 30.3 Å². The summed E-state index contributed by atoms with van der Waals surface area (Å²) in [5, 5.41) is 3.43. The molecule has 2 nitrogen and oxygen atoms in total. The van der Waals surface area contributed by atoms with Crippen LogP contribution in [0.2, 0.25) is 0 Å². The van der Waals surface area contributed by atoms with E-state index in [9.17, 15) is 0 Å². The van der Waals surface area contributed by atoms with Crippen molar-refractivity contribution >= 4 is 0 Å². The summed E-state index contributed by atoms with van der Waals surface area (Å²) in [4.78, 5) is 0. The van der Waals surface area contributed by atoms with Gasteiger partial charge in [0.05, 0.1) is 0 Å². The van der Waals surface area contributed by atoms with Crippen LogP contribution in [0.25, 0.3) is 0 Å². The molecule has 0 atom stereocenters. The fourth-order valence-corrected chi connectivity index (χ4v) is 1.26. The zero-order chi connectivity index (χ0) is 10.4. The molecule has 0 aliphatic heterocycles. The summed E-state index contributed by atoms with van der Waals surface area (Å²) in [6.45, 7) is 5.89. The molecule has 1 rings (SSSR count). The van der Waals surface area contributed by atoms with E-state index in [2.05, 4.69) is 43.4 Å². The molecule has 0 heterocycles. The lowest BCUT2D eigenvalue weighted by atomic mass is 10.1. The van der Waals surface area contributed by atoms with Crippen molar-refractivity contribution in [3.8, 4) is 0 Å². The molecule has 0 aliphatic rings. The van der Waals surface area contributed by atoms with Gasteiger partial charge in [0.1, 0.15) is 0 Å². The van der Waals surface area contributed by atoms with Crippen LogP contribution >= 0.6 is 0 Å². The maximum Gasteiger partial charge on any atom is 0.0247 e. The van der Waals surface area contributed by atoms with Crippen LogP contribution in [0.5, 0.6) is 0 Å². The quantitative estimate of drug-likeness (QED) is 0.743. The SMILES string of the molecule is CC(C)(CN)NCCc1ccccc1. The van der Waals surface area contributed by atoms with Gasteiger partial charge in [0.2, 0.25) is 0 Å². The molecule has 0 unspecified atom stereocenters. The highest BCUT2D eigenvalue weighted by atomic mass is 15.0. The summed E-state index contributed by atoms with van der Waals surface area (Å²) in [5.74, 6) is 0. The van der Waals surface area contributed by atoms with E-state index in [0.29, 0.717) is 6.54 Å². The molecular weight excluding hydrogens is 172 g/mol. The van der Waals surface area contributed by atoms with Crippen molar-refractivity contribution in [1.29, 1.82) is 0 Å². The van der Waals surface area contributed by atoms with Crippen LogP contribution in [0, 0.1) is 0 Å². The van der Waals surface area contributed by atoms with E-state index in [1.165, 1.54) is 5.56 Å². The standard InChI is InChI=1S/C12H20N2/c1-12(2,10-13)14-9-8-11-6-4-3-5-7-11/h3-7,14H,8-10,13H2,1-2H3. The van der Waals surface area contributed by atoms with Crippen LogP contribution in [0.4, 0.5) is 0 Å². The smallest absolute Gasteiger partial charge is 0.0247 e. The zero-order valence-corrected chi connectivity index (χ0v) is 9.09. The third kappa shape index (κ3) is 3.90. The predicted octanol–water partition coefficient (Wildman–Crippen LogP) is 1.56. The Morgan fingerprint density at radius 3 is 2.43 bits per heavy atom. The van der Waals surface area contributed by atoms with E-state index in [1.807, 2.05) is 6.07 Å². The van der Waals surface area contributed by atoms with Gasteiger partial charge < -0.3 is 11.1 Å². The van der Waals surface area contributed by atoms with Crippen molar-refractivity contribution in [2.45, 2.75) is 25.8 Å². The Morgan fingerprint density at radius 1 is 1.21 bits per heavy atom. The van der Waals surface area contributed by atoms with Gasteiger partial charge in [0.15, 0.2) is 0 Å². The zero-order valence-electron chi connectivity index (χ0n) is 9.09. The van der Waals surface area contributed by atoms with Gasteiger partial charge in [-0.25, -0.2) is 0 Å². The van der Waals surface area contributed by atoms with E-state index >= 15 is 0 Å². The minimum absolute atomic E-state index is 0.0504. The minimum atomic E-state index is 0.0504.